The van der Waals surface area contributed by atoms with Gasteiger partial charge in [0.25, 0.3) is 11.5 Å². The minimum Gasteiger partial charge on any atom is -0.490 e. The summed E-state index contributed by atoms with van der Waals surface area (Å²) in [5, 5.41) is 15.8. The summed E-state index contributed by atoms with van der Waals surface area (Å²) >= 11 is 0. The van der Waals surface area contributed by atoms with Gasteiger partial charge in [-0.05, 0) is 37.4 Å². The quantitative estimate of drug-likeness (QED) is 0.387. The molecular weight excluding hydrogens is 450 g/mol. The number of benzene rings is 2. The van der Waals surface area contributed by atoms with Crippen molar-refractivity contribution in [2.45, 2.75) is 0 Å². The van der Waals surface area contributed by atoms with Gasteiger partial charge in [-0.1, -0.05) is 12.1 Å². The lowest BCUT2D eigenvalue weighted by Gasteiger charge is -2.32. The van der Waals surface area contributed by atoms with E-state index in [4.69, 9.17) is 4.74 Å². The third-order valence-electron chi connectivity index (χ3n) is 6.13. The van der Waals surface area contributed by atoms with E-state index in [2.05, 4.69) is 32.5 Å². The summed E-state index contributed by atoms with van der Waals surface area (Å²) in [5.74, 6) is -1.48. The summed E-state index contributed by atoms with van der Waals surface area (Å²) in [7, 11) is 3.83. The molecule has 35 heavy (non-hydrogen) atoms. The molecule has 184 valence electrons. The van der Waals surface area contributed by atoms with E-state index in [1.807, 2.05) is 12.1 Å². The molecule has 2 aromatic carbocycles. The number of anilines is 2. The van der Waals surface area contributed by atoms with Crippen LogP contribution in [0, 0.1) is 0 Å². The number of pyridine rings is 1. The number of rotatable bonds is 8. The first kappa shape index (κ1) is 24.2. The minimum atomic E-state index is -1.10. The first-order valence-electron chi connectivity index (χ1n) is 11.4. The Bertz CT molecular complexity index is 1300. The Morgan fingerprint density at radius 1 is 1.09 bits per heavy atom. The molecule has 4 rings (SSSR count). The number of nitrogens with zero attached hydrogens (tertiary/aromatic N) is 2. The van der Waals surface area contributed by atoms with E-state index in [1.54, 1.807) is 13.1 Å². The molecule has 1 saturated heterocycles. The SMILES string of the molecule is CNc1cccc2cc(C(=O)Nc3ccc(C(=O)O)cc3OCCN3CCN(C)CC3)c(=O)[nH]c12. The van der Waals surface area contributed by atoms with Gasteiger partial charge in [0, 0.05) is 45.2 Å². The monoisotopic (exact) mass is 479 g/mol. The number of H-pyrrole nitrogens is 1. The number of para-hydroxylation sites is 1. The van der Waals surface area contributed by atoms with E-state index in [-0.39, 0.29) is 16.9 Å². The Morgan fingerprint density at radius 3 is 2.57 bits per heavy atom. The average molecular weight is 480 g/mol. The molecule has 1 aliphatic rings. The molecule has 1 aliphatic heterocycles. The van der Waals surface area contributed by atoms with Crippen LogP contribution in [0.25, 0.3) is 10.9 Å². The zero-order chi connectivity index (χ0) is 24.9. The summed E-state index contributed by atoms with van der Waals surface area (Å²) in [6.45, 7) is 4.82. The number of aromatic amines is 1. The van der Waals surface area contributed by atoms with Crippen molar-refractivity contribution in [1.29, 1.82) is 0 Å². The Labute approximate surface area is 202 Å². The second-order valence-corrected chi connectivity index (χ2v) is 8.50. The average Bonchev–Trinajstić information content (AvgIpc) is 2.85. The fraction of sp³-hybridized carbons (Fsp3) is 0.320. The maximum Gasteiger partial charge on any atom is 0.335 e. The zero-order valence-corrected chi connectivity index (χ0v) is 19.8. The third-order valence-corrected chi connectivity index (χ3v) is 6.13. The van der Waals surface area contributed by atoms with Crippen LogP contribution in [0.2, 0.25) is 0 Å². The highest BCUT2D eigenvalue weighted by atomic mass is 16.5. The maximum atomic E-state index is 13.0. The van der Waals surface area contributed by atoms with Crippen molar-refractivity contribution in [3.63, 3.8) is 0 Å². The first-order valence-corrected chi connectivity index (χ1v) is 11.4. The van der Waals surface area contributed by atoms with Crippen molar-refractivity contribution in [3.8, 4) is 5.75 Å². The van der Waals surface area contributed by atoms with Gasteiger partial charge in [0.05, 0.1) is 22.5 Å². The van der Waals surface area contributed by atoms with Crippen LogP contribution in [0.1, 0.15) is 20.7 Å². The Morgan fingerprint density at radius 2 is 1.86 bits per heavy atom. The molecule has 10 nitrogen and oxygen atoms in total. The normalized spacial score (nSPS) is 14.6. The first-order chi connectivity index (χ1) is 16.9. The van der Waals surface area contributed by atoms with Crippen molar-refractivity contribution in [2.75, 3.05) is 64.1 Å². The molecule has 1 amide bonds. The van der Waals surface area contributed by atoms with Crippen LogP contribution in [0.4, 0.5) is 11.4 Å². The lowest BCUT2D eigenvalue weighted by atomic mass is 10.1. The van der Waals surface area contributed by atoms with Gasteiger partial charge in [0.1, 0.15) is 17.9 Å². The van der Waals surface area contributed by atoms with Crippen LogP contribution < -0.4 is 20.9 Å². The predicted molar refractivity (Wildman–Crippen MR) is 135 cm³/mol. The molecule has 0 saturated carbocycles. The number of amides is 1. The van der Waals surface area contributed by atoms with Crippen LogP contribution >= 0.6 is 0 Å². The third kappa shape index (κ3) is 5.61. The Kier molecular flexibility index (Phi) is 7.33. The van der Waals surface area contributed by atoms with Gasteiger partial charge in [-0.3, -0.25) is 14.5 Å². The van der Waals surface area contributed by atoms with E-state index >= 15 is 0 Å². The molecule has 0 unspecified atom stereocenters. The smallest absolute Gasteiger partial charge is 0.335 e. The fourth-order valence-corrected chi connectivity index (χ4v) is 4.03. The van der Waals surface area contributed by atoms with Crippen LogP contribution in [0.5, 0.6) is 5.75 Å². The number of carbonyl (C=O) groups is 2. The molecule has 10 heteroatoms. The van der Waals surface area contributed by atoms with Crippen molar-refractivity contribution in [3.05, 3.63) is 63.9 Å². The van der Waals surface area contributed by atoms with Gasteiger partial charge in [-0.2, -0.15) is 0 Å². The number of nitrogens with one attached hydrogen (secondary N) is 3. The Balaban J connectivity index is 1.54. The van der Waals surface area contributed by atoms with Crippen molar-refractivity contribution >= 4 is 34.2 Å². The van der Waals surface area contributed by atoms with Crippen molar-refractivity contribution in [1.82, 2.24) is 14.8 Å². The van der Waals surface area contributed by atoms with Crippen LogP contribution in [0.3, 0.4) is 0 Å². The number of aromatic carboxylic acids is 1. The number of carbonyl (C=O) groups excluding carboxylic acids is 1. The molecular formula is C25H29N5O5. The fourth-order valence-electron chi connectivity index (χ4n) is 4.03. The van der Waals surface area contributed by atoms with E-state index < -0.39 is 17.4 Å². The van der Waals surface area contributed by atoms with E-state index in [1.165, 1.54) is 24.3 Å². The highest BCUT2D eigenvalue weighted by Crippen LogP contribution is 2.27. The summed E-state index contributed by atoms with van der Waals surface area (Å²) in [5.41, 5.74) is 1.10. The standard InChI is InChI=1S/C25H29N5O5/c1-26-20-5-3-4-16-14-18(24(32)28-22(16)20)23(31)27-19-7-6-17(25(33)34)15-21(19)35-13-12-30-10-8-29(2)9-11-30/h3-7,14-15,26H,8-13H2,1-2H3,(H,27,31)(H,28,32)(H,33,34). The largest absolute Gasteiger partial charge is 0.490 e. The highest BCUT2D eigenvalue weighted by Gasteiger charge is 2.18. The van der Waals surface area contributed by atoms with E-state index in [0.717, 1.165) is 31.9 Å². The van der Waals surface area contributed by atoms with Crippen molar-refractivity contribution < 1.29 is 19.4 Å². The number of hydrogen-bond donors (Lipinski definition) is 4. The summed E-state index contributed by atoms with van der Waals surface area (Å²) in [4.78, 5) is 44.5. The zero-order valence-electron chi connectivity index (χ0n) is 19.8. The topological polar surface area (TPSA) is 127 Å². The summed E-state index contributed by atoms with van der Waals surface area (Å²) in [6, 6.07) is 11.2. The van der Waals surface area contributed by atoms with Gasteiger partial charge >= 0.3 is 5.97 Å². The van der Waals surface area contributed by atoms with Crippen LogP contribution in [0.15, 0.2) is 47.3 Å². The molecule has 0 aliphatic carbocycles. The number of likely N-dealkylation sites (N-methyl/N-ethyl adjacent to an activating group) is 1. The lowest BCUT2D eigenvalue weighted by Crippen LogP contribution is -2.45. The molecule has 1 fully saturated rings. The van der Waals surface area contributed by atoms with Gasteiger partial charge in [-0.25, -0.2) is 4.79 Å². The second kappa shape index (κ2) is 10.6. The Hall–Kier alpha value is -3.89. The maximum absolute atomic E-state index is 13.0. The van der Waals surface area contributed by atoms with Gasteiger partial charge in [0.15, 0.2) is 0 Å². The van der Waals surface area contributed by atoms with Gasteiger partial charge < -0.3 is 30.4 Å². The number of ether oxygens (including phenoxy) is 1. The summed E-state index contributed by atoms with van der Waals surface area (Å²) in [6.07, 6.45) is 0. The molecule has 3 aromatic rings. The number of carboxylic acid groups (broad SMARTS) is 1. The minimum absolute atomic E-state index is 0.0424. The van der Waals surface area contributed by atoms with Crippen LogP contribution in [-0.2, 0) is 0 Å². The van der Waals surface area contributed by atoms with E-state index in [0.29, 0.717) is 29.7 Å². The lowest BCUT2D eigenvalue weighted by molar-refractivity contribution is 0.0696. The van der Waals surface area contributed by atoms with Crippen molar-refractivity contribution in [2.24, 2.45) is 0 Å². The van der Waals surface area contributed by atoms with Gasteiger partial charge in [-0.15, -0.1) is 0 Å². The number of piperazine rings is 1. The number of fused-ring (bicyclic) bond motifs is 1. The van der Waals surface area contributed by atoms with E-state index in [9.17, 15) is 19.5 Å². The number of carboxylic acids is 1. The highest BCUT2D eigenvalue weighted by molar-refractivity contribution is 6.07. The molecule has 1 aromatic heterocycles. The molecule has 2 heterocycles. The summed E-state index contributed by atoms with van der Waals surface area (Å²) < 4.78 is 5.90. The molecule has 0 bridgehead atoms. The number of aromatic nitrogens is 1. The molecule has 0 radical (unpaired) electrons. The molecule has 4 N–H and O–H groups in total. The van der Waals surface area contributed by atoms with Gasteiger partial charge in [0.2, 0.25) is 0 Å². The molecule has 0 spiro atoms. The predicted octanol–water partition coefficient (Wildman–Crippen LogP) is 2.15. The number of hydrogen-bond acceptors (Lipinski definition) is 7. The second-order valence-electron chi connectivity index (χ2n) is 8.50. The van der Waals surface area contributed by atoms with Crippen LogP contribution in [-0.4, -0.2) is 85.2 Å². The molecule has 0 atom stereocenters.